The number of nitrogens with two attached hydrogens (primary N) is 1. The lowest BCUT2D eigenvalue weighted by atomic mass is 10.2. The summed E-state index contributed by atoms with van der Waals surface area (Å²) in [4.78, 5) is 4.42. The van der Waals surface area contributed by atoms with E-state index >= 15 is 0 Å². The SMILES string of the molecule is CC(C)CN=C(N)NCCS(=O)(=O)c1ccc(Br)cc1. The van der Waals surface area contributed by atoms with Gasteiger partial charge in [0.05, 0.1) is 10.6 Å². The van der Waals surface area contributed by atoms with Crippen molar-refractivity contribution in [2.75, 3.05) is 18.8 Å². The lowest BCUT2D eigenvalue weighted by molar-refractivity contribution is 0.594. The molecule has 3 N–H and O–H groups in total. The average Bonchev–Trinajstić information content (AvgIpc) is 2.36. The van der Waals surface area contributed by atoms with E-state index in [1.165, 1.54) is 0 Å². The van der Waals surface area contributed by atoms with Crippen LogP contribution in [0.2, 0.25) is 0 Å². The number of hydrogen-bond acceptors (Lipinski definition) is 3. The predicted octanol–water partition coefficient (Wildman–Crippen LogP) is 1.78. The monoisotopic (exact) mass is 361 g/mol. The van der Waals surface area contributed by atoms with Crippen molar-refractivity contribution >= 4 is 31.7 Å². The van der Waals surface area contributed by atoms with Crippen LogP contribution in [0.1, 0.15) is 13.8 Å². The minimum absolute atomic E-state index is 0.0213. The van der Waals surface area contributed by atoms with Crippen molar-refractivity contribution in [2.45, 2.75) is 18.7 Å². The first-order chi connectivity index (χ1) is 9.31. The molecule has 1 aromatic rings. The molecular formula is C13H20BrN3O2S. The van der Waals surface area contributed by atoms with Crippen molar-refractivity contribution in [3.05, 3.63) is 28.7 Å². The van der Waals surface area contributed by atoms with E-state index in [2.05, 4.69) is 26.2 Å². The van der Waals surface area contributed by atoms with Gasteiger partial charge in [-0.3, -0.25) is 4.99 Å². The Hall–Kier alpha value is -1.08. The van der Waals surface area contributed by atoms with E-state index in [1.54, 1.807) is 24.3 Å². The molecule has 0 aromatic heterocycles. The van der Waals surface area contributed by atoms with Gasteiger partial charge in [0, 0.05) is 17.6 Å². The smallest absolute Gasteiger partial charge is 0.188 e. The molecule has 1 rings (SSSR count). The molecule has 112 valence electrons. The molecule has 0 unspecified atom stereocenters. The maximum atomic E-state index is 12.1. The summed E-state index contributed by atoms with van der Waals surface area (Å²) in [6, 6.07) is 6.57. The molecule has 1 aromatic carbocycles. The maximum absolute atomic E-state index is 12.1. The van der Waals surface area contributed by atoms with Gasteiger partial charge in [0.25, 0.3) is 0 Å². The molecule has 0 bridgehead atoms. The number of nitrogens with zero attached hydrogens (tertiary/aromatic N) is 1. The Balaban J connectivity index is 2.52. The van der Waals surface area contributed by atoms with Gasteiger partial charge in [-0.15, -0.1) is 0 Å². The molecule has 0 fully saturated rings. The highest BCUT2D eigenvalue weighted by Crippen LogP contribution is 2.15. The fourth-order valence-corrected chi connectivity index (χ4v) is 2.83. The second-order valence-corrected chi connectivity index (χ2v) is 7.84. The molecule has 20 heavy (non-hydrogen) atoms. The molecule has 0 spiro atoms. The summed E-state index contributed by atoms with van der Waals surface area (Å²) in [6.07, 6.45) is 0. The number of hydrogen-bond donors (Lipinski definition) is 2. The third-order valence-corrected chi connectivity index (χ3v) is 4.74. The van der Waals surface area contributed by atoms with Gasteiger partial charge in [0.15, 0.2) is 15.8 Å². The van der Waals surface area contributed by atoms with E-state index in [-0.39, 0.29) is 18.3 Å². The Morgan fingerprint density at radius 2 is 1.95 bits per heavy atom. The summed E-state index contributed by atoms with van der Waals surface area (Å²) >= 11 is 3.27. The molecule has 5 nitrogen and oxygen atoms in total. The zero-order chi connectivity index (χ0) is 15.2. The molecule has 0 heterocycles. The lowest BCUT2D eigenvalue weighted by Crippen LogP contribution is -2.35. The minimum Gasteiger partial charge on any atom is -0.370 e. The summed E-state index contributed by atoms with van der Waals surface area (Å²) in [7, 11) is -3.30. The number of guanidine groups is 1. The van der Waals surface area contributed by atoms with Crippen molar-refractivity contribution in [3.63, 3.8) is 0 Å². The van der Waals surface area contributed by atoms with E-state index in [4.69, 9.17) is 5.73 Å². The first kappa shape index (κ1) is 17.0. The summed E-state index contributed by atoms with van der Waals surface area (Å²) in [5, 5.41) is 2.81. The van der Waals surface area contributed by atoms with Gasteiger partial charge in [-0.05, 0) is 30.2 Å². The average molecular weight is 362 g/mol. The van der Waals surface area contributed by atoms with Gasteiger partial charge in [0.1, 0.15) is 0 Å². The fraction of sp³-hybridized carbons (Fsp3) is 0.462. The van der Waals surface area contributed by atoms with Gasteiger partial charge in [-0.25, -0.2) is 8.42 Å². The predicted molar refractivity (Wildman–Crippen MR) is 85.5 cm³/mol. The quantitative estimate of drug-likeness (QED) is 0.597. The van der Waals surface area contributed by atoms with E-state index in [1.807, 2.05) is 13.8 Å². The van der Waals surface area contributed by atoms with E-state index in [0.717, 1.165) is 4.47 Å². The van der Waals surface area contributed by atoms with Gasteiger partial charge < -0.3 is 11.1 Å². The number of benzene rings is 1. The molecule has 0 radical (unpaired) electrons. The third kappa shape index (κ3) is 5.92. The Kier molecular flexibility index (Phi) is 6.48. The van der Waals surface area contributed by atoms with Crippen LogP contribution >= 0.6 is 15.9 Å². The van der Waals surface area contributed by atoms with E-state index < -0.39 is 9.84 Å². The first-order valence-electron chi connectivity index (χ1n) is 6.33. The number of sulfone groups is 1. The highest BCUT2D eigenvalue weighted by atomic mass is 79.9. The summed E-state index contributed by atoms with van der Waals surface area (Å²) < 4.78 is 25.0. The molecular weight excluding hydrogens is 342 g/mol. The number of rotatable bonds is 6. The normalized spacial score (nSPS) is 12.7. The molecule has 0 aliphatic heterocycles. The second kappa shape index (κ2) is 7.64. The standard InChI is InChI=1S/C13H20BrN3O2S/c1-10(2)9-17-13(15)16-7-8-20(18,19)12-5-3-11(14)4-6-12/h3-6,10H,7-9H2,1-2H3,(H3,15,16,17). The van der Waals surface area contributed by atoms with Crippen LogP contribution in [0.5, 0.6) is 0 Å². The highest BCUT2D eigenvalue weighted by Gasteiger charge is 2.13. The first-order valence-corrected chi connectivity index (χ1v) is 8.78. The Morgan fingerprint density at radius 3 is 2.50 bits per heavy atom. The van der Waals surface area contributed by atoms with Gasteiger partial charge in [-0.2, -0.15) is 0 Å². The molecule has 0 aliphatic carbocycles. The molecule has 0 saturated carbocycles. The Bertz CT molecular complexity index is 553. The van der Waals surface area contributed by atoms with Crippen LogP contribution in [-0.2, 0) is 9.84 Å². The summed E-state index contributed by atoms with van der Waals surface area (Å²) in [5.74, 6) is 0.679. The number of halogens is 1. The molecule has 0 atom stereocenters. The lowest BCUT2D eigenvalue weighted by Gasteiger charge is -2.08. The summed E-state index contributed by atoms with van der Waals surface area (Å²) in [5.41, 5.74) is 5.65. The van der Waals surface area contributed by atoms with Crippen molar-refractivity contribution in [1.82, 2.24) is 5.32 Å². The molecule has 0 aliphatic rings. The van der Waals surface area contributed by atoms with Crippen LogP contribution in [0.25, 0.3) is 0 Å². The topological polar surface area (TPSA) is 84.5 Å². The zero-order valence-corrected chi connectivity index (χ0v) is 14.0. The number of nitrogens with one attached hydrogen (secondary N) is 1. The zero-order valence-electron chi connectivity index (χ0n) is 11.6. The molecule has 0 saturated heterocycles. The van der Waals surface area contributed by atoms with Crippen molar-refractivity contribution in [1.29, 1.82) is 0 Å². The molecule has 7 heteroatoms. The van der Waals surface area contributed by atoms with Crippen molar-refractivity contribution in [2.24, 2.45) is 16.6 Å². The maximum Gasteiger partial charge on any atom is 0.188 e. The van der Waals surface area contributed by atoms with Crippen molar-refractivity contribution < 1.29 is 8.42 Å². The van der Waals surface area contributed by atoms with E-state index in [9.17, 15) is 8.42 Å². The van der Waals surface area contributed by atoms with Crippen molar-refractivity contribution in [3.8, 4) is 0 Å². The summed E-state index contributed by atoms with van der Waals surface area (Å²) in [6.45, 7) is 4.94. The van der Waals surface area contributed by atoms with Crippen LogP contribution in [-0.4, -0.2) is 33.2 Å². The van der Waals surface area contributed by atoms with Gasteiger partial charge in [-0.1, -0.05) is 29.8 Å². The fourth-order valence-electron chi connectivity index (χ4n) is 1.41. The van der Waals surface area contributed by atoms with Gasteiger partial charge >= 0.3 is 0 Å². The Labute approximate surface area is 128 Å². The van der Waals surface area contributed by atoms with Crippen LogP contribution in [0.15, 0.2) is 38.6 Å². The number of aliphatic imine (C=N–C) groups is 1. The van der Waals surface area contributed by atoms with E-state index in [0.29, 0.717) is 17.4 Å². The van der Waals surface area contributed by atoms with Crippen LogP contribution < -0.4 is 11.1 Å². The van der Waals surface area contributed by atoms with Crippen LogP contribution in [0.4, 0.5) is 0 Å². The third-order valence-electron chi connectivity index (χ3n) is 2.48. The minimum atomic E-state index is -3.30. The Morgan fingerprint density at radius 1 is 1.35 bits per heavy atom. The highest BCUT2D eigenvalue weighted by molar-refractivity contribution is 9.10. The largest absolute Gasteiger partial charge is 0.370 e. The molecule has 0 amide bonds. The second-order valence-electron chi connectivity index (χ2n) is 4.82. The van der Waals surface area contributed by atoms with Crippen LogP contribution in [0, 0.1) is 5.92 Å². The van der Waals surface area contributed by atoms with Gasteiger partial charge in [0.2, 0.25) is 0 Å². The van der Waals surface area contributed by atoms with Crippen LogP contribution in [0.3, 0.4) is 0 Å².